The van der Waals surface area contributed by atoms with Gasteiger partial charge in [0.05, 0.1) is 5.69 Å². The van der Waals surface area contributed by atoms with Gasteiger partial charge in [0.1, 0.15) is 6.61 Å². The first-order valence-corrected chi connectivity index (χ1v) is 9.35. The third-order valence-corrected chi connectivity index (χ3v) is 4.95. The lowest BCUT2D eigenvalue weighted by atomic mass is 10.1. The van der Waals surface area contributed by atoms with Crippen LogP contribution in [-0.4, -0.2) is 23.6 Å². The number of anilines is 1. The zero-order valence-electron chi connectivity index (χ0n) is 14.3. The third kappa shape index (κ3) is 3.41. The summed E-state index contributed by atoms with van der Waals surface area (Å²) in [7, 11) is 0. The van der Waals surface area contributed by atoms with Gasteiger partial charge in [-0.05, 0) is 24.1 Å². The van der Waals surface area contributed by atoms with E-state index in [0.29, 0.717) is 16.6 Å². The molecule has 0 spiro atoms. The highest BCUT2D eigenvalue weighted by Crippen LogP contribution is 2.31. The number of hydrogen-bond acceptors (Lipinski definition) is 5. The monoisotopic (exact) mass is 366 g/mol. The summed E-state index contributed by atoms with van der Waals surface area (Å²) in [5, 5.41) is 5.30. The van der Waals surface area contributed by atoms with E-state index in [1.165, 1.54) is 16.9 Å². The number of nitrogens with zero attached hydrogens (tertiary/aromatic N) is 1. The summed E-state index contributed by atoms with van der Waals surface area (Å²) < 4.78 is 11.3. The molecule has 1 N–H and O–H groups in total. The minimum atomic E-state index is -0.693. The lowest BCUT2D eigenvalue weighted by Gasteiger charge is -2.25. The van der Waals surface area contributed by atoms with Crippen LogP contribution in [-0.2, 0) is 11.2 Å². The molecule has 0 saturated heterocycles. The Bertz CT molecular complexity index is 921. The standard InChI is InChI=1S/C20H18N2O3S/c1-2-13-7-9-14(10-8-13)15-12-26-20(21-15)22-19(23)18-11-24-16-5-3-4-6-17(16)25-18/h3-10,12,18H,2,11H2,1H3,(H,21,22,23)/t18-/m1/s1. The first-order chi connectivity index (χ1) is 12.7. The smallest absolute Gasteiger partial charge is 0.270 e. The Labute approximate surface area is 155 Å². The number of aromatic nitrogens is 1. The Balaban J connectivity index is 1.43. The van der Waals surface area contributed by atoms with Crippen molar-refractivity contribution in [2.75, 3.05) is 11.9 Å². The van der Waals surface area contributed by atoms with Crippen LogP contribution in [0.4, 0.5) is 5.13 Å². The van der Waals surface area contributed by atoms with Crippen molar-refractivity contribution in [2.24, 2.45) is 0 Å². The normalized spacial score (nSPS) is 15.5. The number of hydrogen-bond donors (Lipinski definition) is 1. The summed E-state index contributed by atoms with van der Waals surface area (Å²) in [6.45, 7) is 2.31. The molecule has 0 aliphatic carbocycles. The van der Waals surface area contributed by atoms with Gasteiger partial charge in [-0.25, -0.2) is 4.98 Å². The number of para-hydroxylation sites is 2. The van der Waals surface area contributed by atoms with Crippen molar-refractivity contribution in [1.29, 1.82) is 0 Å². The summed E-state index contributed by atoms with van der Waals surface area (Å²) in [5.74, 6) is 0.972. The van der Waals surface area contributed by atoms with E-state index >= 15 is 0 Å². The molecule has 132 valence electrons. The highest BCUT2D eigenvalue weighted by atomic mass is 32.1. The Morgan fingerprint density at radius 3 is 2.73 bits per heavy atom. The van der Waals surface area contributed by atoms with Gasteiger partial charge in [0.15, 0.2) is 16.6 Å². The minimum absolute atomic E-state index is 0.180. The van der Waals surface area contributed by atoms with Crippen molar-refractivity contribution in [2.45, 2.75) is 19.4 Å². The molecule has 0 unspecified atom stereocenters. The number of ether oxygens (including phenoxy) is 2. The number of thiazole rings is 1. The van der Waals surface area contributed by atoms with Crippen LogP contribution in [0.15, 0.2) is 53.9 Å². The predicted molar refractivity (Wildman–Crippen MR) is 102 cm³/mol. The molecule has 0 fully saturated rings. The Morgan fingerprint density at radius 1 is 1.19 bits per heavy atom. The van der Waals surface area contributed by atoms with Gasteiger partial charge in [-0.1, -0.05) is 43.3 Å². The van der Waals surface area contributed by atoms with Crippen LogP contribution in [0.1, 0.15) is 12.5 Å². The molecule has 4 rings (SSSR count). The molecule has 1 aromatic heterocycles. The predicted octanol–water partition coefficient (Wildman–Crippen LogP) is 4.15. The second-order valence-electron chi connectivity index (χ2n) is 5.94. The van der Waals surface area contributed by atoms with E-state index in [1.807, 2.05) is 23.6 Å². The van der Waals surface area contributed by atoms with Gasteiger partial charge < -0.3 is 9.47 Å². The maximum atomic E-state index is 12.5. The number of aryl methyl sites for hydroxylation is 1. The van der Waals surface area contributed by atoms with Crippen LogP contribution in [0.5, 0.6) is 11.5 Å². The zero-order valence-corrected chi connectivity index (χ0v) is 15.1. The van der Waals surface area contributed by atoms with Gasteiger partial charge in [-0.2, -0.15) is 0 Å². The highest BCUT2D eigenvalue weighted by molar-refractivity contribution is 7.14. The number of carbonyl (C=O) groups excluding carboxylic acids is 1. The molecule has 26 heavy (non-hydrogen) atoms. The summed E-state index contributed by atoms with van der Waals surface area (Å²) in [5.41, 5.74) is 3.16. The van der Waals surface area contributed by atoms with E-state index in [9.17, 15) is 4.79 Å². The first-order valence-electron chi connectivity index (χ1n) is 8.47. The Kier molecular flexibility index (Phi) is 4.58. The maximum Gasteiger partial charge on any atom is 0.270 e. The van der Waals surface area contributed by atoms with E-state index in [1.54, 1.807) is 6.07 Å². The van der Waals surface area contributed by atoms with Gasteiger partial charge >= 0.3 is 0 Å². The van der Waals surface area contributed by atoms with Gasteiger partial charge in [0, 0.05) is 10.9 Å². The second-order valence-corrected chi connectivity index (χ2v) is 6.80. The number of carbonyl (C=O) groups is 1. The van der Waals surface area contributed by atoms with Gasteiger partial charge in [-0.3, -0.25) is 10.1 Å². The fourth-order valence-corrected chi connectivity index (χ4v) is 3.43. The largest absolute Gasteiger partial charge is 0.485 e. The molecule has 0 bridgehead atoms. The lowest BCUT2D eigenvalue weighted by molar-refractivity contribution is -0.125. The fourth-order valence-electron chi connectivity index (χ4n) is 2.71. The molecule has 0 saturated carbocycles. The Morgan fingerprint density at radius 2 is 1.96 bits per heavy atom. The van der Waals surface area contributed by atoms with E-state index in [2.05, 4.69) is 41.5 Å². The second kappa shape index (κ2) is 7.17. The molecule has 2 heterocycles. The molecule has 1 aliphatic rings. The summed E-state index contributed by atoms with van der Waals surface area (Å²) in [6, 6.07) is 15.6. The molecule has 1 amide bonds. The number of rotatable bonds is 4. The first kappa shape index (κ1) is 16.6. The summed E-state index contributed by atoms with van der Waals surface area (Å²) >= 11 is 1.39. The average molecular weight is 366 g/mol. The zero-order chi connectivity index (χ0) is 17.9. The van der Waals surface area contributed by atoms with Crippen molar-refractivity contribution < 1.29 is 14.3 Å². The van der Waals surface area contributed by atoms with Crippen LogP contribution in [0.25, 0.3) is 11.3 Å². The molecule has 2 aromatic carbocycles. The molecule has 6 heteroatoms. The maximum absolute atomic E-state index is 12.5. The number of fused-ring (bicyclic) bond motifs is 1. The van der Waals surface area contributed by atoms with Crippen molar-refractivity contribution in [3.63, 3.8) is 0 Å². The Hall–Kier alpha value is -2.86. The van der Waals surface area contributed by atoms with E-state index in [4.69, 9.17) is 9.47 Å². The van der Waals surface area contributed by atoms with Gasteiger partial charge in [0.2, 0.25) is 6.10 Å². The quantitative estimate of drug-likeness (QED) is 0.753. The highest BCUT2D eigenvalue weighted by Gasteiger charge is 2.27. The number of amides is 1. The lowest BCUT2D eigenvalue weighted by Crippen LogP contribution is -2.40. The SMILES string of the molecule is CCc1ccc(-c2csc(NC(=O)[C@H]3COc4ccccc4O3)n2)cc1. The minimum Gasteiger partial charge on any atom is -0.485 e. The van der Waals surface area contributed by atoms with Crippen LogP contribution in [0, 0.1) is 0 Å². The molecule has 0 radical (unpaired) electrons. The van der Waals surface area contributed by atoms with Crippen molar-refractivity contribution in [1.82, 2.24) is 4.98 Å². The van der Waals surface area contributed by atoms with Gasteiger partial charge in [0.25, 0.3) is 5.91 Å². The van der Waals surface area contributed by atoms with E-state index in [-0.39, 0.29) is 12.5 Å². The molecule has 1 aliphatic heterocycles. The van der Waals surface area contributed by atoms with Crippen LogP contribution in [0.3, 0.4) is 0 Å². The molecule has 5 nitrogen and oxygen atoms in total. The molecular formula is C20H18N2O3S. The molecule has 3 aromatic rings. The molecule has 1 atom stereocenters. The molecular weight excluding hydrogens is 348 g/mol. The van der Waals surface area contributed by atoms with Crippen LogP contribution < -0.4 is 14.8 Å². The average Bonchev–Trinajstić information content (AvgIpc) is 3.16. The van der Waals surface area contributed by atoms with E-state index < -0.39 is 6.10 Å². The summed E-state index contributed by atoms with van der Waals surface area (Å²) in [4.78, 5) is 17.0. The van der Waals surface area contributed by atoms with Crippen LogP contribution >= 0.6 is 11.3 Å². The topological polar surface area (TPSA) is 60.5 Å². The number of benzene rings is 2. The van der Waals surface area contributed by atoms with E-state index in [0.717, 1.165) is 17.7 Å². The third-order valence-electron chi connectivity index (χ3n) is 4.19. The van der Waals surface area contributed by atoms with Gasteiger partial charge in [-0.15, -0.1) is 11.3 Å². The summed E-state index contributed by atoms with van der Waals surface area (Å²) in [6.07, 6.45) is 0.312. The number of nitrogens with one attached hydrogen (secondary N) is 1. The van der Waals surface area contributed by atoms with Crippen molar-refractivity contribution in [3.8, 4) is 22.8 Å². The van der Waals surface area contributed by atoms with Crippen LogP contribution in [0.2, 0.25) is 0 Å². The van der Waals surface area contributed by atoms with Crippen molar-refractivity contribution in [3.05, 3.63) is 59.5 Å². The van der Waals surface area contributed by atoms with Crippen molar-refractivity contribution >= 4 is 22.4 Å². The fraction of sp³-hybridized carbons (Fsp3) is 0.200.